The molecule has 0 radical (unpaired) electrons. The van der Waals surface area contributed by atoms with Crippen molar-refractivity contribution in [3.05, 3.63) is 22.6 Å². The van der Waals surface area contributed by atoms with Crippen molar-refractivity contribution in [2.24, 2.45) is 0 Å². The van der Waals surface area contributed by atoms with E-state index in [-0.39, 0.29) is 5.03 Å². The molecule has 1 heterocycles. The predicted molar refractivity (Wildman–Crippen MR) is 45.3 cm³/mol. The molecule has 0 unspecified atom stereocenters. The number of nitrogens with zero attached hydrogens (tertiary/aromatic N) is 1. The lowest BCUT2D eigenvalue weighted by molar-refractivity contribution is -0.255. The van der Waals surface area contributed by atoms with Crippen molar-refractivity contribution in [2.45, 2.75) is 5.03 Å². The van der Waals surface area contributed by atoms with E-state index in [1.54, 1.807) is 6.26 Å². The van der Waals surface area contributed by atoms with Crippen molar-refractivity contribution in [1.82, 2.24) is 4.98 Å². The van der Waals surface area contributed by atoms with Gasteiger partial charge in [0.1, 0.15) is 5.03 Å². The topological polar surface area (TPSA) is 53.0 Å². The van der Waals surface area contributed by atoms with E-state index in [1.807, 2.05) is 0 Å². The van der Waals surface area contributed by atoms with Gasteiger partial charge in [-0.1, -0.05) is 11.6 Å². The fourth-order valence-electron chi connectivity index (χ4n) is 0.733. The standard InChI is InChI=1S/C7H5ClFNO2S/c1-13-6-5(9)4(8)3(2-10-6)7(11)12/h2H,1H3,(H,11,12)/p-1. The summed E-state index contributed by atoms with van der Waals surface area (Å²) < 4.78 is 13.1. The number of carboxylic acid groups (broad SMARTS) is 1. The lowest BCUT2D eigenvalue weighted by Gasteiger charge is -2.06. The number of aromatic carboxylic acids is 1. The van der Waals surface area contributed by atoms with Gasteiger partial charge in [0, 0.05) is 11.8 Å². The van der Waals surface area contributed by atoms with Crippen LogP contribution in [0.25, 0.3) is 0 Å². The summed E-state index contributed by atoms with van der Waals surface area (Å²) in [6, 6.07) is 0. The Bertz CT molecular complexity index is 359. The Morgan fingerprint density at radius 2 is 2.38 bits per heavy atom. The third-order valence-corrected chi connectivity index (χ3v) is 2.38. The monoisotopic (exact) mass is 220 g/mol. The minimum Gasteiger partial charge on any atom is -0.545 e. The molecule has 0 aliphatic carbocycles. The molecule has 0 aliphatic heterocycles. The summed E-state index contributed by atoms with van der Waals surface area (Å²) in [6.07, 6.45) is 2.59. The van der Waals surface area contributed by atoms with Crippen LogP contribution in [0.2, 0.25) is 5.02 Å². The van der Waals surface area contributed by atoms with Crippen LogP contribution in [0.5, 0.6) is 0 Å². The van der Waals surface area contributed by atoms with Crippen LogP contribution in [0, 0.1) is 5.82 Å². The van der Waals surface area contributed by atoms with Gasteiger partial charge >= 0.3 is 0 Å². The minimum absolute atomic E-state index is 0.0648. The van der Waals surface area contributed by atoms with Gasteiger partial charge in [-0.2, -0.15) is 0 Å². The first-order valence-corrected chi connectivity index (χ1v) is 4.77. The van der Waals surface area contributed by atoms with Crippen molar-refractivity contribution < 1.29 is 14.3 Å². The van der Waals surface area contributed by atoms with Gasteiger partial charge in [-0.25, -0.2) is 9.37 Å². The first kappa shape index (κ1) is 10.3. The molecule has 0 N–H and O–H groups in total. The summed E-state index contributed by atoms with van der Waals surface area (Å²) in [5.41, 5.74) is -0.433. The molecule has 0 bridgehead atoms. The summed E-state index contributed by atoms with van der Waals surface area (Å²) >= 11 is 6.47. The molecule has 0 spiro atoms. The number of pyridine rings is 1. The second kappa shape index (κ2) is 3.93. The number of carbonyl (C=O) groups excluding carboxylic acids is 1. The van der Waals surface area contributed by atoms with E-state index in [4.69, 9.17) is 11.6 Å². The number of hydrogen-bond donors (Lipinski definition) is 0. The zero-order valence-electron chi connectivity index (χ0n) is 6.51. The molecule has 0 aromatic carbocycles. The minimum atomic E-state index is -1.54. The van der Waals surface area contributed by atoms with Gasteiger partial charge in [0.25, 0.3) is 0 Å². The van der Waals surface area contributed by atoms with Crippen LogP contribution in [0.15, 0.2) is 11.2 Å². The third-order valence-electron chi connectivity index (χ3n) is 1.34. The number of thioether (sulfide) groups is 1. The van der Waals surface area contributed by atoms with Crippen LogP contribution in [-0.4, -0.2) is 17.2 Å². The van der Waals surface area contributed by atoms with Crippen molar-refractivity contribution in [3.63, 3.8) is 0 Å². The SMILES string of the molecule is CSc1ncc(C(=O)[O-])c(Cl)c1F. The second-order valence-corrected chi connectivity index (χ2v) is 3.27. The van der Waals surface area contributed by atoms with E-state index in [0.29, 0.717) is 0 Å². The molecule has 0 saturated carbocycles. The number of hydrogen-bond acceptors (Lipinski definition) is 4. The maximum atomic E-state index is 13.1. The molecule has 0 saturated heterocycles. The Hall–Kier alpha value is -0.810. The molecule has 70 valence electrons. The molecule has 0 amide bonds. The maximum absolute atomic E-state index is 13.1. The van der Waals surface area contributed by atoms with Crippen LogP contribution in [0.3, 0.4) is 0 Å². The van der Waals surface area contributed by atoms with Gasteiger partial charge in [0.15, 0.2) is 5.82 Å². The molecule has 3 nitrogen and oxygen atoms in total. The second-order valence-electron chi connectivity index (χ2n) is 2.10. The van der Waals surface area contributed by atoms with E-state index in [1.165, 1.54) is 0 Å². The summed E-state index contributed by atoms with van der Waals surface area (Å²) in [7, 11) is 0. The molecule has 0 atom stereocenters. The molecule has 6 heteroatoms. The molecule has 1 aromatic rings. The normalized spacial score (nSPS) is 10.1. The number of rotatable bonds is 2. The van der Waals surface area contributed by atoms with Crippen molar-refractivity contribution in [2.75, 3.05) is 6.26 Å². The number of halogens is 2. The predicted octanol–water partition coefficient (Wildman–Crippen LogP) is 0.959. The van der Waals surface area contributed by atoms with Crippen LogP contribution >= 0.6 is 23.4 Å². The summed E-state index contributed by atoms with van der Waals surface area (Å²) in [6.45, 7) is 0. The first-order chi connectivity index (χ1) is 6.07. The molecule has 13 heavy (non-hydrogen) atoms. The van der Waals surface area contributed by atoms with Crippen LogP contribution in [0.1, 0.15) is 10.4 Å². The summed E-state index contributed by atoms with van der Waals surface area (Å²) in [4.78, 5) is 13.9. The van der Waals surface area contributed by atoms with Crippen molar-refractivity contribution in [1.29, 1.82) is 0 Å². The van der Waals surface area contributed by atoms with Gasteiger partial charge in [-0.05, 0) is 6.26 Å². The van der Waals surface area contributed by atoms with E-state index in [2.05, 4.69) is 4.98 Å². The highest BCUT2D eigenvalue weighted by Gasteiger charge is 2.12. The number of carboxylic acids is 1. The average Bonchev–Trinajstić information content (AvgIpc) is 2.09. The molecular formula is C7H4ClFNO2S-. The number of carbonyl (C=O) groups is 1. The highest BCUT2D eigenvalue weighted by Crippen LogP contribution is 2.25. The smallest absolute Gasteiger partial charge is 0.174 e. The third kappa shape index (κ3) is 1.92. The van der Waals surface area contributed by atoms with E-state index in [0.717, 1.165) is 18.0 Å². The highest BCUT2D eigenvalue weighted by molar-refractivity contribution is 7.98. The van der Waals surface area contributed by atoms with E-state index in [9.17, 15) is 14.3 Å². The van der Waals surface area contributed by atoms with Crippen molar-refractivity contribution in [3.8, 4) is 0 Å². The molecule has 0 fully saturated rings. The van der Waals surface area contributed by atoms with E-state index < -0.39 is 22.4 Å². The van der Waals surface area contributed by atoms with Crippen molar-refractivity contribution >= 4 is 29.3 Å². The first-order valence-electron chi connectivity index (χ1n) is 3.17. The molecule has 1 aromatic heterocycles. The Labute approximate surface area is 82.9 Å². The number of aromatic nitrogens is 1. The van der Waals surface area contributed by atoms with Crippen LogP contribution < -0.4 is 5.11 Å². The van der Waals surface area contributed by atoms with Gasteiger partial charge < -0.3 is 9.90 Å². The Kier molecular flexibility index (Phi) is 3.11. The van der Waals surface area contributed by atoms with Gasteiger partial charge in [0.2, 0.25) is 0 Å². The van der Waals surface area contributed by atoms with Crippen LogP contribution in [-0.2, 0) is 0 Å². The van der Waals surface area contributed by atoms with Gasteiger partial charge in [0.05, 0.1) is 11.0 Å². The summed E-state index contributed by atoms with van der Waals surface area (Å²) in [5, 5.41) is 9.97. The fraction of sp³-hybridized carbons (Fsp3) is 0.143. The molecule has 0 aliphatic rings. The zero-order valence-corrected chi connectivity index (χ0v) is 8.08. The zero-order chi connectivity index (χ0) is 10.0. The van der Waals surface area contributed by atoms with E-state index >= 15 is 0 Å². The fourth-order valence-corrected chi connectivity index (χ4v) is 1.44. The molecular weight excluding hydrogens is 217 g/mol. The lowest BCUT2D eigenvalue weighted by Crippen LogP contribution is -2.23. The summed E-state index contributed by atoms with van der Waals surface area (Å²) in [5.74, 6) is -2.36. The Morgan fingerprint density at radius 3 is 2.85 bits per heavy atom. The largest absolute Gasteiger partial charge is 0.545 e. The van der Waals surface area contributed by atoms with Crippen LogP contribution in [0.4, 0.5) is 4.39 Å². The molecule has 1 rings (SSSR count). The van der Waals surface area contributed by atoms with Gasteiger partial charge in [-0.3, -0.25) is 0 Å². The lowest BCUT2D eigenvalue weighted by atomic mass is 10.3. The van der Waals surface area contributed by atoms with Gasteiger partial charge in [-0.15, -0.1) is 11.8 Å². The highest BCUT2D eigenvalue weighted by atomic mass is 35.5. The Morgan fingerprint density at radius 1 is 1.77 bits per heavy atom. The maximum Gasteiger partial charge on any atom is 0.174 e. The Balaban J connectivity index is 3.31. The average molecular weight is 221 g/mol. The quantitative estimate of drug-likeness (QED) is 0.697.